The molecule has 3 rings (SSSR count). The Morgan fingerprint density at radius 3 is 2.17 bits per heavy atom. The van der Waals surface area contributed by atoms with Crippen molar-refractivity contribution < 1.29 is 27.5 Å². The summed E-state index contributed by atoms with van der Waals surface area (Å²) in [6.45, 7) is 6.85. The topological polar surface area (TPSA) is 105 Å². The maximum Gasteiger partial charge on any atom is 0.264 e. The second kappa shape index (κ2) is 14.0. The van der Waals surface area contributed by atoms with Crippen LogP contribution in [0.5, 0.6) is 11.5 Å². The van der Waals surface area contributed by atoms with Gasteiger partial charge in [0, 0.05) is 12.6 Å². The van der Waals surface area contributed by atoms with Gasteiger partial charge in [-0.3, -0.25) is 13.9 Å². The Bertz CT molecular complexity index is 1430. The van der Waals surface area contributed by atoms with E-state index in [9.17, 15) is 18.0 Å². The van der Waals surface area contributed by atoms with Crippen LogP contribution in [0.25, 0.3) is 0 Å². The van der Waals surface area contributed by atoms with Crippen LogP contribution in [0.4, 0.5) is 5.69 Å². The van der Waals surface area contributed by atoms with Gasteiger partial charge in [0.1, 0.15) is 24.1 Å². The van der Waals surface area contributed by atoms with E-state index in [1.165, 1.54) is 24.1 Å². The predicted molar refractivity (Wildman–Crippen MR) is 160 cm³/mol. The molecule has 0 heterocycles. The maximum absolute atomic E-state index is 14.1. The molecule has 0 aliphatic heterocycles. The van der Waals surface area contributed by atoms with E-state index < -0.39 is 28.5 Å². The highest BCUT2D eigenvalue weighted by Crippen LogP contribution is 2.33. The zero-order valence-electron chi connectivity index (χ0n) is 24.5. The molecule has 2 atom stereocenters. The summed E-state index contributed by atoms with van der Waals surface area (Å²) >= 11 is 0. The van der Waals surface area contributed by atoms with Crippen LogP contribution in [0.1, 0.15) is 38.3 Å². The fourth-order valence-corrected chi connectivity index (χ4v) is 5.64. The van der Waals surface area contributed by atoms with Gasteiger partial charge in [0.05, 0.1) is 24.8 Å². The normalized spacial score (nSPS) is 12.6. The average molecular weight is 582 g/mol. The lowest BCUT2D eigenvalue weighted by molar-refractivity contribution is -0.139. The molecule has 10 heteroatoms. The number of anilines is 1. The van der Waals surface area contributed by atoms with Crippen molar-refractivity contribution in [3.8, 4) is 11.5 Å². The number of sulfonamides is 1. The largest absolute Gasteiger partial charge is 0.497 e. The molecule has 0 aliphatic rings. The SMILES string of the molecule is CC[C@H](C)NC(=O)[C@@H](C)N(Cc1ccc(OC)cc1)C(=O)CN(c1cc(C)ccc1OC)S(=O)(=O)c1ccccc1. The number of carbonyl (C=O) groups excluding carboxylic acids is 2. The van der Waals surface area contributed by atoms with Gasteiger partial charge in [0.2, 0.25) is 11.8 Å². The van der Waals surface area contributed by atoms with Crippen molar-refractivity contribution in [1.82, 2.24) is 10.2 Å². The molecule has 220 valence electrons. The molecule has 1 N–H and O–H groups in total. The maximum atomic E-state index is 14.1. The summed E-state index contributed by atoms with van der Waals surface area (Å²) in [4.78, 5) is 28.7. The minimum absolute atomic E-state index is 0.0284. The van der Waals surface area contributed by atoms with Crippen LogP contribution >= 0.6 is 0 Å². The lowest BCUT2D eigenvalue weighted by Crippen LogP contribution is -2.52. The van der Waals surface area contributed by atoms with E-state index in [-0.39, 0.29) is 29.1 Å². The number of benzene rings is 3. The van der Waals surface area contributed by atoms with Gasteiger partial charge in [-0.25, -0.2) is 8.42 Å². The van der Waals surface area contributed by atoms with E-state index in [2.05, 4.69) is 5.32 Å². The zero-order chi connectivity index (χ0) is 30.2. The number of rotatable bonds is 13. The smallest absolute Gasteiger partial charge is 0.264 e. The van der Waals surface area contributed by atoms with E-state index in [1.807, 2.05) is 20.8 Å². The lowest BCUT2D eigenvalue weighted by atomic mass is 10.1. The van der Waals surface area contributed by atoms with Gasteiger partial charge in [0.25, 0.3) is 10.0 Å². The van der Waals surface area contributed by atoms with Gasteiger partial charge >= 0.3 is 0 Å². The Labute approximate surface area is 243 Å². The molecule has 0 unspecified atom stereocenters. The predicted octanol–water partition coefficient (Wildman–Crippen LogP) is 4.54. The fourth-order valence-electron chi connectivity index (χ4n) is 4.20. The van der Waals surface area contributed by atoms with Crippen molar-refractivity contribution in [3.05, 3.63) is 83.9 Å². The molecule has 0 bridgehead atoms. The minimum atomic E-state index is -4.19. The highest BCUT2D eigenvalue weighted by atomic mass is 32.2. The molecule has 3 aromatic carbocycles. The molecule has 0 saturated carbocycles. The first-order valence-corrected chi connectivity index (χ1v) is 14.9. The minimum Gasteiger partial charge on any atom is -0.497 e. The molecule has 0 spiro atoms. The highest BCUT2D eigenvalue weighted by molar-refractivity contribution is 7.92. The summed E-state index contributed by atoms with van der Waals surface area (Å²) < 4.78 is 39.8. The first-order valence-electron chi connectivity index (χ1n) is 13.5. The summed E-state index contributed by atoms with van der Waals surface area (Å²) in [6.07, 6.45) is 0.723. The second-order valence-corrected chi connectivity index (χ2v) is 11.7. The molecule has 3 aromatic rings. The molecule has 41 heavy (non-hydrogen) atoms. The second-order valence-electron chi connectivity index (χ2n) is 9.86. The summed E-state index contributed by atoms with van der Waals surface area (Å²) in [6, 6.07) is 19.2. The molecular formula is C31H39N3O6S. The van der Waals surface area contributed by atoms with E-state index >= 15 is 0 Å². The van der Waals surface area contributed by atoms with E-state index in [0.29, 0.717) is 11.5 Å². The summed E-state index contributed by atoms with van der Waals surface area (Å²) in [5.41, 5.74) is 1.77. The van der Waals surface area contributed by atoms with Crippen LogP contribution in [-0.2, 0) is 26.2 Å². The number of ether oxygens (including phenoxy) is 2. The van der Waals surface area contributed by atoms with Gasteiger partial charge in [0.15, 0.2) is 0 Å². The molecule has 0 aliphatic carbocycles. The van der Waals surface area contributed by atoms with Gasteiger partial charge < -0.3 is 19.7 Å². The van der Waals surface area contributed by atoms with Gasteiger partial charge in [-0.2, -0.15) is 0 Å². The zero-order valence-corrected chi connectivity index (χ0v) is 25.3. The highest BCUT2D eigenvalue weighted by Gasteiger charge is 2.34. The van der Waals surface area contributed by atoms with Crippen LogP contribution in [0.15, 0.2) is 77.7 Å². The number of hydrogen-bond acceptors (Lipinski definition) is 6. The van der Waals surface area contributed by atoms with Crippen LogP contribution < -0.4 is 19.1 Å². The Morgan fingerprint density at radius 1 is 0.927 bits per heavy atom. The van der Waals surface area contributed by atoms with Crippen molar-refractivity contribution in [2.45, 2.75) is 57.6 Å². The number of aryl methyl sites for hydroxylation is 1. The van der Waals surface area contributed by atoms with Crippen LogP contribution in [0.2, 0.25) is 0 Å². The number of hydrogen-bond donors (Lipinski definition) is 1. The third kappa shape index (κ3) is 7.79. The Kier molecular flexibility index (Phi) is 10.8. The van der Waals surface area contributed by atoms with Gasteiger partial charge in [-0.1, -0.05) is 43.3 Å². The molecule has 0 radical (unpaired) electrons. The monoisotopic (exact) mass is 581 g/mol. The summed E-state index contributed by atoms with van der Waals surface area (Å²) in [7, 11) is -1.19. The quantitative estimate of drug-likeness (QED) is 0.318. The fraction of sp³-hybridized carbons (Fsp3) is 0.355. The third-order valence-corrected chi connectivity index (χ3v) is 8.67. The van der Waals surface area contributed by atoms with E-state index in [0.717, 1.165) is 21.9 Å². The standard InChI is InChI=1S/C31H39N3O6S/c1-7-23(3)32-31(36)24(4)33(20-25-14-16-26(39-5)17-15-25)30(35)21-34(28-19-22(2)13-18-29(28)40-6)41(37,38)27-11-9-8-10-12-27/h8-19,23-24H,7,20-21H2,1-6H3,(H,32,36)/t23-,24+/m0/s1. The Hall–Kier alpha value is -4.05. The third-order valence-electron chi connectivity index (χ3n) is 6.89. The van der Waals surface area contributed by atoms with Crippen molar-refractivity contribution in [2.75, 3.05) is 25.1 Å². The number of carbonyl (C=O) groups is 2. The lowest BCUT2D eigenvalue weighted by Gasteiger charge is -2.33. The van der Waals surface area contributed by atoms with Crippen LogP contribution in [0, 0.1) is 6.92 Å². The van der Waals surface area contributed by atoms with Crippen molar-refractivity contribution in [3.63, 3.8) is 0 Å². The Morgan fingerprint density at radius 2 is 1.59 bits per heavy atom. The Balaban J connectivity index is 2.07. The summed E-state index contributed by atoms with van der Waals surface area (Å²) in [5, 5.41) is 2.93. The van der Waals surface area contributed by atoms with Gasteiger partial charge in [-0.05, 0) is 74.7 Å². The molecule has 2 amide bonds. The molecule has 0 saturated heterocycles. The first kappa shape index (κ1) is 31.5. The van der Waals surface area contributed by atoms with Crippen LogP contribution in [-0.4, -0.2) is 58.0 Å². The van der Waals surface area contributed by atoms with Gasteiger partial charge in [-0.15, -0.1) is 0 Å². The number of nitrogens with one attached hydrogen (secondary N) is 1. The number of amides is 2. The van der Waals surface area contributed by atoms with Crippen molar-refractivity contribution in [2.24, 2.45) is 0 Å². The van der Waals surface area contributed by atoms with Crippen LogP contribution in [0.3, 0.4) is 0 Å². The molecule has 0 aromatic heterocycles. The average Bonchev–Trinajstić information content (AvgIpc) is 2.98. The molecular weight excluding hydrogens is 542 g/mol. The van der Waals surface area contributed by atoms with Crippen molar-refractivity contribution >= 4 is 27.5 Å². The first-order chi connectivity index (χ1) is 19.5. The van der Waals surface area contributed by atoms with Crippen molar-refractivity contribution in [1.29, 1.82) is 0 Å². The number of nitrogens with zero attached hydrogens (tertiary/aromatic N) is 2. The summed E-state index contributed by atoms with van der Waals surface area (Å²) in [5.74, 6) is 0.0792. The van der Waals surface area contributed by atoms with E-state index in [1.54, 1.807) is 74.7 Å². The number of methoxy groups -OCH3 is 2. The van der Waals surface area contributed by atoms with E-state index in [4.69, 9.17) is 9.47 Å². The molecule has 0 fully saturated rings. The molecule has 9 nitrogen and oxygen atoms in total.